The summed E-state index contributed by atoms with van der Waals surface area (Å²) in [7, 11) is 1.26. The van der Waals surface area contributed by atoms with Gasteiger partial charge in [0.2, 0.25) is 0 Å². The van der Waals surface area contributed by atoms with Crippen molar-refractivity contribution < 1.29 is 18.7 Å². The molecule has 0 fully saturated rings. The van der Waals surface area contributed by atoms with Crippen LogP contribution in [0.4, 0.5) is 15.8 Å². The van der Waals surface area contributed by atoms with Gasteiger partial charge in [-0.05, 0) is 58.6 Å². The highest BCUT2D eigenvalue weighted by molar-refractivity contribution is 9.10. The van der Waals surface area contributed by atoms with Gasteiger partial charge in [-0.1, -0.05) is 25.1 Å². The summed E-state index contributed by atoms with van der Waals surface area (Å²) >= 11 is 3.18. The van der Waals surface area contributed by atoms with Crippen LogP contribution in [0.25, 0.3) is 0 Å². The number of halogens is 2. The summed E-state index contributed by atoms with van der Waals surface area (Å²) in [5, 5.41) is 0. The Morgan fingerprint density at radius 1 is 1.31 bits per heavy atom. The fourth-order valence-electron chi connectivity index (χ4n) is 2.74. The van der Waals surface area contributed by atoms with E-state index in [9.17, 15) is 14.0 Å². The maximum Gasteiger partial charge on any atom is 0.312 e. The molecule has 136 valence electrons. The number of carbonyl (C=O) groups excluding carboxylic acids is 2. The van der Waals surface area contributed by atoms with Gasteiger partial charge in [0.1, 0.15) is 17.5 Å². The number of methoxy groups -OCH3 is 1. The Balaban J connectivity index is 2.72. The van der Waals surface area contributed by atoms with Crippen molar-refractivity contribution in [2.24, 2.45) is 0 Å². The number of rotatable bonds is 6. The van der Waals surface area contributed by atoms with Crippen molar-refractivity contribution in [1.82, 2.24) is 0 Å². The largest absolute Gasteiger partial charge is 0.469 e. The third-order valence-electron chi connectivity index (χ3n) is 4.01. The quantitative estimate of drug-likeness (QED) is 0.494. The van der Waals surface area contributed by atoms with E-state index in [2.05, 4.69) is 15.9 Å². The first-order valence-electron chi connectivity index (χ1n) is 8.07. The van der Waals surface area contributed by atoms with E-state index >= 15 is 0 Å². The number of carbonyl (C=O) groups is 1. The Morgan fingerprint density at radius 2 is 2.04 bits per heavy atom. The maximum atomic E-state index is 13.7. The van der Waals surface area contributed by atoms with Gasteiger partial charge in [0.05, 0.1) is 23.7 Å². The zero-order chi connectivity index (χ0) is 19.3. The molecule has 0 amide bonds. The minimum absolute atomic E-state index is 0.0966. The van der Waals surface area contributed by atoms with Crippen LogP contribution in [0.15, 0.2) is 46.6 Å². The first kappa shape index (κ1) is 19.9. The van der Waals surface area contributed by atoms with Crippen LogP contribution < -0.4 is 4.90 Å². The predicted octanol–water partition coefficient (Wildman–Crippen LogP) is 4.88. The zero-order valence-corrected chi connectivity index (χ0v) is 16.4. The minimum atomic E-state index is -0.554. The summed E-state index contributed by atoms with van der Waals surface area (Å²) in [6.45, 7) is 3.92. The lowest BCUT2D eigenvalue weighted by Crippen LogP contribution is -2.22. The molecule has 0 unspecified atom stereocenters. The Bertz CT molecular complexity index is 875. The van der Waals surface area contributed by atoms with Crippen LogP contribution in [-0.2, 0) is 20.7 Å². The van der Waals surface area contributed by atoms with Gasteiger partial charge >= 0.3 is 5.97 Å². The molecule has 0 atom stereocenters. The molecule has 0 aliphatic carbocycles. The van der Waals surface area contributed by atoms with Gasteiger partial charge < -0.3 is 9.64 Å². The van der Waals surface area contributed by atoms with Crippen LogP contribution in [0, 0.1) is 12.7 Å². The lowest BCUT2D eigenvalue weighted by atomic mass is 10.0. The molecule has 0 radical (unpaired) electrons. The molecule has 0 aromatic heterocycles. The van der Waals surface area contributed by atoms with Crippen LogP contribution in [0.3, 0.4) is 0 Å². The van der Waals surface area contributed by atoms with Crippen LogP contribution in [0.5, 0.6) is 0 Å². The van der Waals surface area contributed by atoms with Crippen LogP contribution in [0.1, 0.15) is 24.5 Å². The number of ether oxygens (including phenoxy) is 1. The number of para-hydroxylation sites is 1. The number of anilines is 2. The topological polar surface area (TPSA) is 46.6 Å². The van der Waals surface area contributed by atoms with Gasteiger partial charge in [0.15, 0.2) is 0 Å². The third-order valence-corrected chi connectivity index (χ3v) is 4.62. The number of nitrogens with zero attached hydrogens (tertiary/aromatic N) is 1. The van der Waals surface area contributed by atoms with E-state index in [1.807, 2.05) is 38.0 Å². The highest BCUT2D eigenvalue weighted by Gasteiger charge is 2.23. The van der Waals surface area contributed by atoms with E-state index in [4.69, 9.17) is 4.74 Å². The van der Waals surface area contributed by atoms with E-state index in [0.29, 0.717) is 5.69 Å². The number of hydrogen-bond donors (Lipinski definition) is 0. The average molecular weight is 420 g/mol. The molecule has 0 saturated carbocycles. The smallest absolute Gasteiger partial charge is 0.312 e. The molecule has 0 spiro atoms. The Kier molecular flexibility index (Phi) is 6.72. The predicted molar refractivity (Wildman–Crippen MR) is 103 cm³/mol. The van der Waals surface area contributed by atoms with Gasteiger partial charge in [0.25, 0.3) is 0 Å². The molecule has 0 heterocycles. The van der Waals surface area contributed by atoms with Gasteiger partial charge in [-0.2, -0.15) is 0 Å². The summed E-state index contributed by atoms with van der Waals surface area (Å²) < 4.78 is 18.7. The van der Waals surface area contributed by atoms with Crippen molar-refractivity contribution in [3.05, 3.63) is 63.5 Å². The lowest BCUT2D eigenvalue weighted by molar-refractivity contribution is -0.139. The van der Waals surface area contributed by atoms with Crippen molar-refractivity contribution >= 4 is 39.2 Å². The highest BCUT2D eigenvalue weighted by atomic mass is 79.9. The van der Waals surface area contributed by atoms with Crippen molar-refractivity contribution in [2.75, 3.05) is 12.0 Å². The highest BCUT2D eigenvalue weighted by Crippen LogP contribution is 2.37. The third kappa shape index (κ3) is 4.21. The minimum Gasteiger partial charge on any atom is -0.469 e. The van der Waals surface area contributed by atoms with E-state index in [1.165, 1.54) is 13.2 Å². The molecular formula is C20H19BrFNO3. The Labute approximate surface area is 160 Å². The van der Waals surface area contributed by atoms with Crippen LogP contribution >= 0.6 is 15.9 Å². The lowest BCUT2D eigenvalue weighted by Gasteiger charge is -2.29. The molecule has 0 aliphatic heterocycles. The molecule has 26 heavy (non-hydrogen) atoms. The van der Waals surface area contributed by atoms with Crippen LogP contribution in [0.2, 0.25) is 0 Å². The van der Waals surface area contributed by atoms with Gasteiger partial charge in [0, 0.05) is 5.69 Å². The van der Waals surface area contributed by atoms with Crippen molar-refractivity contribution in [2.45, 2.75) is 26.7 Å². The van der Waals surface area contributed by atoms with Gasteiger partial charge in [-0.15, -0.1) is 0 Å². The molecule has 0 aliphatic rings. The second kappa shape index (κ2) is 8.79. The van der Waals surface area contributed by atoms with Crippen LogP contribution in [-0.4, -0.2) is 19.0 Å². The summed E-state index contributed by atoms with van der Waals surface area (Å²) in [5.41, 5.74) is 3.32. The van der Waals surface area contributed by atoms with Gasteiger partial charge in [-0.3, -0.25) is 4.79 Å². The Hall–Kier alpha value is -2.43. The molecule has 6 heteroatoms. The molecule has 0 saturated heterocycles. The first-order valence-corrected chi connectivity index (χ1v) is 8.86. The van der Waals surface area contributed by atoms with E-state index < -0.39 is 11.8 Å². The summed E-state index contributed by atoms with van der Waals surface area (Å²) in [6, 6.07) is 10.2. The second-order valence-electron chi connectivity index (χ2n) is 5.67. The number of aryl methyl sites for hydroxylation is 2. The molecule has 4 nitrogen and oxygen atoms in total. The number of benzene rings is 2. The standard InChI is InChI=1S/C20H19BrFNO3/c1-4-14-7-5-6-13(2)20(14)23(16(12-24)11-19(25)26-3)15-8-9-18(22)17(21)10-15/h5-10H,4,11H2,1-3H3. The Morgan fingerprint density at radius 3 is 2.62 bits per heavy atom. The molecule has 2 aromatic rings. The monoisotopic (exact) mass is 419 g/mol. The second-order valence-corrected chi connectivity index (χ2v) is 6.53. The molecule has 2 rings (SSSR count). The normalized spacial score (nSPS) is 10.2. The fraction of sp³-hybridized carbons (Fsp3) is 0.250. The zero-order valence-electron chi connectivity index (χ0n) is 14.8. The number of esters is 1. The molecule has 2 aromatic carbocycles. The summed E-state index contributed by atoms with van der Waals surface area (Å²) in [6.07, 6.45) is 0.479. The van der Waals surface area contributed by atoms with Crippen molar-refractivity contribution in [1.29, 1.82) is 0 Å². The summed E-state index contributed by atoms with van der Waals surface area (Å²) in [4.78, 5) is 25.1. The average Bonchev–Trinajstić information content (AvgIpc) is 2.64. The fourth-order valence-corrected chi connectivity index (χ4v) is 3.11. The van der Waals surface area contributed by atoms with E-state index in [1.54, 1.807) is 17.0 Å². The van der Waals surface area contributed by atoms with Crippen molar-refractivity contribution in [3.8, 4) is 0 Å². The maximum absolute atomic E-state index is 13.7. The molecular weight excluding hydrogens is 401 g/mol. The van der Waals surface area contributed by atoms with E-state index in [-0.39, 0.29) is 16.6 Å². The van der Waals surface area contributed by atoms with E-state index in [0.717, 1.165) is 23.2 Å². The first-order chi connectivity index (χ1) is 12.4. The van der Waals surface area contributed by atoms with Crippen molar-refractivity contribution in [3.63, 3.8) is 0 Å². The number of hydrogen-bond acceptors (Lipinski definition) is 4. The van der Waals surface area contributed by atoms with Gasteiger partial charge in [-0.25, -0.2) is 9.18 Å². The molecule has 0 bridgehead atoms. The summed E-state index contributed by atoms with van der Waals surface area (Å²) in [5.74, 6) is 0.887. The molecule has 0 N–H and O–H groups in total. The SMILES string of the molecule is CCc1cccc(C)c1N(C(=C=O)CC(=O)OC)c1ccc(F)c(Br)c1.